The van der Waals surface area contributed by atoms with Crippen LogP contribution in [-0.4, -0.2) is 34.5 Å². The third-order valence-electron chi connectivity index (χ3n) is 2.74. The van der Waals surface area contributed by atoms with Gasteiger partial charge in [0.05, 0.1) is 0 Å². The van der Waals surface area contributed by atoms with Gasteiger partial charge in [0.25, 0.3) is 13.1 Å². The molecule has 0 N–H and O–H groups in total. The fraction of sp³-hybridized carbons (Fsp3) is 0.125. The van der Waals surface area contributed by atoms with E-state index < -0.39 is 34.5 Å². The van der Waals surface area contributed by atoms with Crippen LogP contribution in [0.5, 0.6) is 0 Å². The zero-order chi connectivity index (χ0) is 17.9. The summed E-state index contributed by atoms with van der Waals surface area (Å²) in [6.45, 7) is -1.27. The number of hydrogen-bond donors (Lipinski definition) is 0. The molecular formula is C16H14N2O6. The second kappa shape index (κ2) is 9.57. The average molecular weight is 330 g/mol. The molecule has 8 nitrogen and oxygen atoms in total. The van der Waals surface area contributed by atoms with Crippen molar-refractivity contribution in [2.45, 2.75) is 0 Å². The van der Waals surface area contributed by atoms with Crippen molar-refractivity contribution in [2.75, 3.05) is 13.1 Å². The van der Waals surface area contributed by atoms with Crippen molar-refractivity contribution in [3.63, 3.8) is 0 Å². The normalized spacial score (nSPS) is 9.33. The average Bonchev–Trinajstić information content (AvgIpc) is 2.56. The third kappa shape index (κ3) is 7.03. The van der Waals surface area contributed by atoms with Crippen LogP contribution in [0.2, 0.25) is 0 Å². The van der Waals surface area contributed by atoms with Gasteiger partial charge in [0.1, 0.15) is 0 Å². The highest BCUT2D eigenvalue weighted by Gasteiger charge is 2.11. The fourth-order valence-corrected chi connectivity index (χ4v) is 1.67. The van der Waals surface area contributed by atoms with Crippen molar-refractivity contribution in [2.24, 2.45) is 0 Å². The summed E-state index contributed by atoms with van der Waals surface area (Å²) in [6.07, 6.45) is 0. The van der Waals surface area contributed by atoms with E-state index in [1.807, 2.05) is 0 Å². The van der Waals surface area contributed by atoms with Crippen LogP contribution in [-0.2, 0) is 0 Å². The van der Waals surface area contributed by atoms with Crippen LogP contribution in [0.15, 0.2) is 60.7 Å². The summed E-state index contributed by atoms with van der Waals surface area (Å²) in [7, 11) is 0. The maximum Gasteiger partial charge on any atom is 0.265 e. The van der Waals surface area contributed by atoms with E-state index in [-0.39, 0.29) is 0 Å². The lowest BCUT2D eigenvalue weighted by Gasteiger charge is -1.93. The molecule has 124 valence electrons. The molecule has 0 saturated carbocycles. The van der Waals surface area contributed by atoms with E-state index in [2.05, 4.69) is 0 Å². The molecular weight excluding hydrogens is 316 g/mol. The van der Waals surface area contributed by atoms with Crippen molar-refractivity contribution in [3.8, 4) is 0 Å². The maximum atomic E-state index is 11.0. The highest BCUT2D eigenvalue weighted by atomic mass is 16.6. The Kier molecular flexibility index (Phi) is 7.43. The number of nitrogens with zero attached hydrogens (tertiary/aromatic N) is 2. The predicted molar refractivity (Wildman–Crippen MR) is 85.3 cm³/mol. The smallest absolute Gasteiger partial charge is 0.265 e. The first-order valence-electron chi connectivity index (χ1n) is 6.80. The van der Waals surface area contributed by atoms with Gasteiger partial charge < -0.3 is 0 Å². The van der Waals surface area contributed by atoms with Crippen molar-refractivity contribution >= 4 is 11.6 Å². The molecule has 0 bridgehead atoms. The van der Waals surface area contributed by atoms with E-state index in [0.29, 0.717) is 11.1 Å². The van der Waals surface area contributed by atoms with Gasteiger partial charge in [-0.3, -0.25) is 29.8 Å². The third-order valence-corrected chi connectivity index (χ3v) is 2.74. The number of ketones is 2. The summed E-state index contributed by atoms with van der Waals surface area (Å²) < 4.78 is 0. The second-order valence-corrected chi connectivity index (χ2v) is 4.56. The Morgan fingerprint density at radius 3 is 1.21 bits per heavy atom. The Morgan fingerprint density at radius 1 is 0.667 bits per heavy atom. The summed E-state index contributed by atoms with van der Waals surface area (Å²) in [6, 6.07) is 16.4. The van der Waals surface area contributed by atoms with Crippen LogP contribution < -0.4 is 0 Å². The van der Waals surface area contributed by atoms with Gasteiger partial charge in [-0.25, -0.2) is 0 Å². The molecule has 0 fully saturated rings. The van der Waals surface area contributed by atoms with Crippen LogP contribution in [0.25, 0.3) is 0 Å². The number of Topliss-reactive ketones (excluding diaryl/α,β-unsaturated/α-hetero) is 2. The van der Waals surface area contributed by atoms with Crippen molar-refractivity contribution in [1.29, 1.82) is 0 Å². The van der Waals surface area contributed by atoms with Gasteiger partial charge in [-0.15, -0.1) is 0 Å². The lowest BCUT2D eigenvalue weighted by molar-refractivity contribution is -0.465. The van der Waals surface area contributed by atoms with Gasteiger partial charge in [-0.05, 0) is 0 Å². The molecule has 0 aliphatic carbocycles. The minimum atomic E-state index is -0.635. The summed E-state index contributed by atoms with van der Waals surface area (Å²) in [4.78, 5) is 40.7. The summed E-state index contributed by atoms with van der Waals surface area (Å²) in [5.41, 5.74) is 0.767. The molecule has 24 heavy (non-hydrogen) atoms. The minimum absolute atomic E-state index is 0.384. The van der Waals surface area contributed by atoms with Gasteiger partial charge in [0.2, 0.25) is 11.6 Å². The topological polar surface area (TPSA) is 120 Å². The second-order valence-electron chi connectivity index (χ2n) is 4.56. The van der Waals surface area contributed by atoms with Gasteiger partial charge >= 0.3 is 0 Å². The highest BCUT2D eigenvalue weighted by Crippen LogP contribution is 2.00. The Morgan fingerprint density at radius 2 is 0.958 bits per heavy atom. The quantitative estimate of drug-likeness (QED) is 0.455. The molecule has 0 spiro atoms. The zero-order valence-corrected chi connectivity index (χ0v) is 12.5. The standard InChI is InChI=1S/2C8H7NO3/c2*10-8(6-9(11)12)7-4-2-1-3-5-7/h2*1-5H,6H2. The maximum absolute atomic E-state index is 11.0. The molecule has 8 heteroatoms. The van der Waals surface area contributed by atoms with Gasteiger partial charge in [-0.2, -0.15) is 0 Å². The lowest BCUT2D eigenvalue weighted by atomic mass is 10.1. The highest BCUT2D eigenvalue weighted by molar-refractivity contribution is 5.97. The van der Waals surface area contributed by atoms with Crippen LogP contribution in [0, 0.1) is 20.2 Å². The van der Waals surface area contributed by atoms with E-state index in [9.17, 15) is 29.8 Å². The molecule has 0 atom stereocenters. The number of benzene rings is 2. The molecule has 2 aromatic carbocycles. The first-order valence-corrected chi connectivity index (χ1v) is 6.80. The molecule has 0 radical (unpaired) electrons. The first-order chi connectivity index (χ1) is 11.4. The van der Waals surface area contributed by atoms with Crippen LogP contribution in [0.4, 0.5) is 0 Å². The molecule has 0 aromatic heterocycles. The van der Waals surface area contributed by atoms with Crippen molar-refractivity contribution < 1.29 is 19.4 Å². The summed E-state index contributed by atoms with van der Waals surface area (Å²) in [5.74, 6) is -0.916. The predicted octanol–water partition coefficient (Wildman–Crippen LogP) is 2.29. The van der Waals surface area contributed by atoms with Crippen molar-refractivity contribution in [1.82, 2.24) is 0 Å². The summed E-state index contributed by atoms with van der Waals surface area (Å²) >= 11 is 0. The largest absolute Gasteiger partial charge is 0.287 e. The van der Waals surface area contributed by atoms with E-state index in [0.717, 1.165) is 0 Å². The Labute approximate surface area is 137 Å². The Hall–Kier alpha value is -3.42. The lowest BCUT2D eigenvalue weighted by Crippen LogP contribution is -2.13. The minimum Gasteiger partial charge on any atom is -0.287 e. The Bertz CT molecular complexity index is 652. The zero-order valence-electron chi connectivity index (χ0n) is 12.5. The van der Waals surface area contributed by atoms with Crippen LogP contribution >= 0.6 is 0 Å². The van der Waals surface area contributed by atoms with Crippen molar-refractivity contribution in [3.05, 3.63) is 92.0 Å². The fourth-order valence-electron chi connectivity index (χ4n) is 1.67. The van der Waals surface area contributed by atoms with Crippen LogP contribution in [0.3, 0.4) is 0 Å². The number of rotatable bonds is 6. The number of carbonyl (C=O) groups excluding carboxylic acids is 2. The number of nitro groups is 2. The van der Waals surface area contributed by atoms with Crippen LogP contribution in [0.1, 0.15) is 20.7 Å². The summed E-state index contributed by atoms with van der Waals surface area (Å²) in [5, 5.41) is 19.9. The monoisotopic (exact) mass is 330 g/mol. The number of carbonyl (C=O) groups is 2. The van der Waals surface area contributed by atoms with E-state index >= 15 is 0 Å². The molecule has 2 aromatic rings. The van der Waals surface area contributed by atoms with Gasteiger partial charge in [0.15, 0.2) is 0 Å². The van der Waals surface area contributed by atoms with E-state index in [4.69, 9.17) is 0 Å². The molecule has 2 rings (SSSR count). The molecule has 0 amide bonds. The number of hydrogen-bond acceptors (Lipinski definition) is 6. The SMILES string of the molecule is O=C(C[N+](=O)[O-])c1ccccc1.O=C(C[N+](=O)[O-])c1ccccc1. The van der Waals surface area contributed by atoms with Gasteiger partial charge in [-0.1, -0.05) is 60.7 Å². The van der Waals surface area contributed by atoms with E-state index in [1.54, 1.807) is 60.7 Å². The van der Waals surface area contributed by atoms with E-state index in [1.165, 1.54) is 0 Å². The molecule has 0 saturated heterocycles. The Balaban J connectivity index is 0.000000240. The first kappa shape index (κ1) is 18.6. The molecule has 0 aliphatic heterocycles. The molecule has 0 unspecified atom stereocenters. The van der Waals surface area contributed by atoms with Gasteiger partial charge in [0, 0.05) is 21.0 Å². The molecule has 0 aliphatic rings. The molecule has 0 heterocycles.